The van der Waals surface area contributed by atoms with E-state index in [1.165, 1.54) is 5.56 Å². The number of nitrogens with zero attached hydrogens (tertiary/aromatic N) is 3. The van der Waals surface area contributed by atoms with Crippen LogP contribution in [0.3, 0.4) is 0 Å². The molecule has 3 heterocycles. The molecule has 1 aliphatic carbocycles. The highest BCUT2D eigenvalue weighted by Gasteiger charge is 2.44. The number of hydrogen-bond donors (Lipinski definition) is 3. The van der Waals surface area contributed by atoms with Gasteiger partial charge in [-0.05, 0) is 55.5 Å². The van der Waals surface area contributed by atoms with Crippen molar-refractivity contribution in [3.05, 3.63) is 64.8 Å². The van der Waals surface area contributed by atoms with E-state index in [-0.39, 0.29) is 23.9 Å². The third kappa shape index (κ3) is 4.54. The van der Waals surface area contributed by atoms with E-state index < -0.39 is 5.60 Å². The molecule has 3 aromatic rings. The van der Waals surface area contributed by atoms with Crippen molar-refractivity contribution < 1.29 is 19.1 Å². The molecule has 1 aromatic heterocycles. The number of benzene rings is 2. The fourth-order valence-corrected chi connectivity index (χ4v) is 5.74. The van der Waals surface area contributed by atoms with Crippen LogP contribution in [0.5, 0.6) is 11.5 Å². The zero-order valence-corrected chi connectivity index (χ0v) is 21.9. The van der Waals surface area contributed by atoms with Gasteiger partial charge in [-0.25, -0.2) is 10.8 Å². The minimum Gasteiger partial charge on any atom is -0.493 e. The maximum Gasteiger partial charge on any atom is 0.272 e. The molecule has 5 N–H and O–H groups in total. The Balaban J connectivity index is 1.22. The van der Waals surface area contributed by atoms with Gasteiger partial charge >= 0.3 is 0 Å². The van der Waals surface area contributed by atoms with E-state index in [2.05, 4.69) is 16.6 Å². The quantitative estimate of drug-likeness (QED) is 0.198. The fourth-order valence-electron chi connectivity index (χ4n) is 5.74. The Bertz CT molecular complexity index is 1490. The molecule has 10 heteroatoms. The lowest BCUT2D eigenvalue weighted by molar-refractivity contribution is -0.00585. The largest absolute Gasteiger partial charge is 0.493 e. The number of likely N-dealkylation sites (tertiary alicyclic amines) is 1. The topological polar surface area (TPSA) is 145 Å². The Labute approximate surface area is 226 Å². The van der Waals surface area contributed by atoms with Crippen LogP contribution >= 0.6 is 0 Å². The first kappa shape index (κ1) is 25.1. The number of pyridine rings is 1. The van der Waals surface area contributed by atoms with Gasteiger partial charge in [0.2, 0.25) is 0 Å². The number of para-hydroxylation sites is 1. The van der Waals surface area contributed by atoms with E-state index in [0.29, 0.717) is 66.8 Å². The Morgan fingerprint density at radius 1 is 1.23 bits per heavy atom. The normalized spacial score (nSPS) is 18.6. The molecule has 1 saturated heterocycles. The summed E-state index contributed by atoms with van der Waals surface area (Å²) in [6.07, 6.45) is 3.62. The summed E-state index contributed by atoms with van der Waals surface area (Å²) < 4.78 is 12.3. The van der Waals surface area contributed by atoms with Crippen molar-refractivity contribution in [2.75, 3.05) is 19.7 Å². The molecule has 202 valence electrons. The first-order valence-corrected chi connectivity index (χ1v) is 13.4. The number of hydrogen-bond acceptors (Lipinski definition) is 8. The van der Waals surface area contributed by atoms with Crippen LogP contribution in [0.1, 0.15) is 76.9 Å². The monoisotopic (exact) mass is 528 g/mol. The molecule has 0 unspecified atom stereocenters. The highest BCUT2D eigenvalue weighted by atomic mass is 16.5. The highest BCUT2D eigenvalue weighted by Crippen LogP contribution is 2.44. The number of hydrazine groups is 1. The van der Waals surface area contributed by atoms with Gasteiger partial charge in [0, 0.05) is 42.9 Å². The van der Waals surface area contributed by atoms with Crippen molar-refractivity contribution in [3.8, 4) is 11.5 Å². The number of fused-ring (bicyclic) bond motifs is 2. The van der Waals surface area contributed by atoms with Crippen LogP contribution in [0.4, 0.5) is 0 Å². The molecule has 3 aliphatic rings. The molecule has 6 rings (SSSR count). The molecule has 2 fully saturated rings. The summed E-state index contributed by atoms with van der Waals surface area (Å²) in [4.78, 5) is 33.5. The van der Waals surface area contributed by atoms with Gasteiger partial charge in [-0.15, -0.1) is 0 Å². The molecule has 0 atom stereocenters. The van der Waals surface area contributed by atoms with E-state index in [0.717, 1.165) is 23.7 Å². The van der Waals surface area contributed by atoms with Gasteiger partial charge in [0.1, 0.15) is 22.8 Å². The molecule has 0 radical (unpaired) electrons. The molecule has 2 aliphatic heterocycles. The second-order valence-electron chi connectivity index (χ2n) is 10.5. The Morgan fingerprint density at radius 2 is 2.03 bits per heavy atom. The number of amides is 1. The highest BCUT2D eigenvalue weighted by molar-refractivity contribution is 6.05. The molecular formula is C29H32N6O4. The molecule has 0 bridgehead atoms. The maximum absolute atomic E-state index is 13.7. The second kappa shape index (κ2) is 9.85. The van der Waals surface area contributed by atoms with Crippen molar-refractivity contribution in [3.63, 3.8) is 0 Å². The Kier molecular flexibility index (Phi) is 6.34. The van der Waals surface area contributed by atoms with Crippen LogP contribution < -0.4 is 26.6 Å². The molecule has 39 heavy (non-hydrogen) atoms. The van der Waals surface area contributed by atoms with E-state index in [4.69, 9.17) is 26.1 Å². The number of Topliss-reactive ketones (excluding diaryl/α,β-unsaturated/α-hetero) is 1. The maximum atomic E-state index is 13.7. The van der Waals surface area contributed by atoms with Crippen LogP contribution in [0.25, 0.3) is 10.9 Å². The number of carbonyl (C=O) groups is 2. The SMILES string of the molecule is CCOc1cc(C(=O)N2CCC3(CC2)CC(=O)c2cc(/C(=N/N)NN)ccc2O3)nc2c(C3CC3)cccc12. The van der Waals surface area contributed by atoms with Crippen molar-refractivity contribution in [2.45, 2.75) is 50.5 Å². The minimum absolute atomic E-state index is 0.0172. The van der Waals surface area contributed by atoms with Crippen molar-refractivity contribution in [1.82, 2.24) is 15.3 Å². The number of piperidine rings is 1. The molecule has 10 nitrogen and oxygen atoms in total. The lowest BCUT2D eigenvalue weighted by atomic mass is 9.82. The number of amidine groups is 1. The van der Waals surface area contributed by atoms with Gasteiger partial charge in [-0.2, -0.15) is 5.10 Å². The average Bonchev–Trinajstić information content (AvgIpc) is 3.79. The van der Waals surface area contributed by atoms with E-state index >= 15 is 0 Å². The zero-order chi connectivity index (χ0) is 27.1. The molecule has 1 amide bonds. The van der Waals surface area contributed by atoms with Gasteiger partial charge in [0.15, 0.2) is 11.6 Å². The van der Waals surface area contributed by atoms with Crippen LogP contribution in [0, 0.1) is 0 Å². The van der Waals surface area contributed by atoms with E-state index in [1.54, 1.807) is 29.2 Å². The molecule has 1 saturated carbocycles. The van der Waals surface area contributed by atoms with Gasteiger partial charge in [-0.3, -0.25) is 9.59 Å². The van der Waals surface area contributed by atoms with Gasteiger partial charge in [0.05, 0.1) is 24.1 Å². The third-order valence-corrected chi connectivity index (χ3v) is 7.96. The predicted octanol–water partition coefficient (Wildman–Crippen LogP) is 3.23. The molecule has 1 spiro atoms. The van der Waals surface area contributed by atoms with Crippen LogP contribution in [-0.4, -0.2) is 52.7 Å². The Hall–Kier alpha value is -4.18. The molecule has 2 aromatic carbocycles. The van der Waals surface area contributed by atoms with Gasteiger partial charge < -0.3 is 25.6 Å². The number of ether oxygens (including phenoxy) is 2. The Morgan fingerprint density at radius 3 is 2.72 bits per heavy atom. The van der Waals surface area contributed by atoms with Gasteiger partial charge in [0.25, 0.3) is 5.91 Å². The second-order valence-corrected chi connectivity index (χ2v) is 10.5. The summed E-state index contributed by atoms with van der Waals surface area (Å²) in [7, 11) is 0. The van der Waals surface area contributed by atoms with Crippen LogP contribution in [-0.2, 0) is 0 Å². The number of hydrazone groups is 1. The van der Waals surface area contributed by atoms with Gasteiger partial charge in [-0.1, -0.05) is 12.1 Å². The zero-order valence-electron chi connectivity index (χ0n) is 21.9. The summed E-state index contributed by atoms with van der Waals surface area (Å²) in [5, 5.41) is 4.55. The third-order valence-electron chi connectivity index (χ3n) is 7.96. The number of nitrogens with two attached hydrogens (primary N) is 2. The lowest BCUT2D eigenvalue weighted by Crippen LogP contribution is -2.52. The first-order chi connectivity index (χ1) is 18.9. The standard InChI is InChI=1S/C29H32N6O4/c1-2-38-25-15-22(32-26-19(17-6-7-17)4-3-5-20(25)26)28(37)35-12-10-29(11-13-35)16-23(36)21-14-18(27(33-30)34-31)8-9-24(21)39-29/h3-5,8-9,14-15,17H,2,6-7,10-13,16,30-31H2,1H3,(H,33,34). The van der Waals surface area contributed by atoms with Crippen molar-refractivity contribution in [1.29, 1.82) is 0 Å². The molecular weight excluding hydrogens is 496 g/mol. The number of carbonyl (C=O) groups excluding carboxylic acids is 2. The fraction of sp³-hybridized carbons (Fsp3) is 0.379. The van der Waals surface area contributed by atoms with E-state index in [1.807, 2.05) is 19.1 Å². The van der Waals surface area contributed by atoms with E-state index in [9.17, 15) is 9.59 Å². The smallest absolute Gasteiger partial charge is 0.272 e. The van der Waals surface area contributed by atoms with Crippen molar-refractivity contribution >= 4 is 28.4 Å². The number of rotatable bonds is 5. The van der Waals surface area contributed by atoms with Crippen LogP contribution in [0.2, 0.25) is 0 Å². The van der Waals surface area contributed by atoms with Crippen LogP contribution in [0.15, 0.2) is 47.6 Å². The minimum atomic E-state index is -0.647. The summed E-state index contributed by atoms with van der Waals surface area (Å²) in [5.41, 5.74) is 5.29. The summed E-state index contributed by atoms with van der Waals surface area (Å²) in [5.74, 6) is 12.7. The first-order valence-electron chi connectivity index (χ1n) is 13.4. The predicted molar refractivity (Wildman–Crippen MR) is 147 cm³/mol. The lowest BCUT2D eigenvalue weighted by Gasteiger charge is -2.44. The number of aromatic nitrogens is 1. The summed E-state index contributed by atoms with van der Waals surface area (Å²) in [6.45, 7) is 3.37. The summed E-state index contributed by atoms with van der Waals surface area (Å²) in [6, 6.07) is 13.1. The number of nitrogens with one attached hydrogen (secondary N) is 1. The summed E-state index contributed by atoms with van der Waals surface area (Å²) >= 11 is 0. The number of ketones is 1. The average molecular weight is 529 g/mol. The van der Waals surface area contributed by atoms with Crippen molar-refractivity contribution in [2.24, 2.45) is 16.8 Å².